The van der Waals surface area contributed by atoms with Gasteiger partial charge in [-0.3, -0.25) is 4.98 Å². The van der Waals surface area contributed by atoms with Crippen molar-refractivity contribution in [3.8, 4) is 0 Å². The van der Waals surface area contributed by atoms with Crippen LogP contribution in [-0.4, -0.2) is 29.3 Å². The molecule has 5 nitrogen and oxygen atoms in total. The van der Waals surface area contributed by atoms with Gasteiger partial charge in [-0.25, -0.2) is 4.79 Å². The number of nitrogens with zero attached hydrogens (tertiary/aromatic N) is 1. The fraction of sp³-hybridized carbons (Fsp3) is 0.412. The first kappa shape index (κ1) is 16.2. The zero-order valence-electron chi connectivity index (χ0n) is 13.1. The van der Waals surface area contributed by atoms with Crippen LogP contribution in [0.5, 0.6) is 0 Å². The lowest BCUT2D eigenvalue weighted by atomic mass is 9.90. The van der Waals surface area contributed by atoms with Crippen molar-refractivity contribution in [3.63, 3.8) is 0 Å². The molecule has 2 aromatic rings. The van der Waals surface area contributed by atoms with Gasteiger partial charge in [-0.05, 0) is 23.5 Å². The summed E-state index contributed by atoms with van der Waals surface area (Å²) in [5.74, 6) is 0. The zero-order valence-corrected chi connectivity index (χ0v) is 13.1. The number of rotatable bonds is 6. The Morgan fingerprint density at radius 2 is 2.00 bits per heavy atom. The first-order valence-corrected chi connectivity index (χ1v) is 7.47. The SMILES string of the molecule is CC(C)(CCO)CNC(=O)NCc1cccc2cccnc12. The van der Waals surface area contributed by atoms with Crippen LogP contribution in [0.3, 0.4) is 0 Å². The molecule has 3 N–H and O–H groups in total. The first-order valence-electron chi connectivity index (χ1n) is 7.47. The summed E-state index contributed by atoms with van der Waals surface area (Å²) in [5.41, 5.74) is 1.78. The second-order valence-corrected chi connectivity index (χ2v) is 6.17. The Morgan fingerprint density at radius 3 is 2.77 bits per heavy atom. The van der Waals surface area contributed by atoms with E-state index >= 15 is 0 Å². The normalized spacial score (nSPS) is 11.4. The Balaban J connectivity index is 1.91. The van der Waals surface area contributed by atoms with Gasteiger partial charge in [0.1, 0.15) is 0 Å². The van der Waals surface area contributed by atoms with Gasteiger partial charge in [-0.1, -0.05) is 38.1 Å². The molecule has 0 radical (unpaired) electrons. The second kappa shape index (κ2) is 7.22. The Hall–Kier alpha value is -2.14. The molecule has 1 aromatic heterocycles. The summed E-state index contributed by atoms with van der Waals surface area (Å²) in [5, 5.41) is 15.7. The van der Waals surface area contributed by atoms with Gasteiger partial charge in [0.25, 0.3) is 0 Å². The van der Waals surface area contributed by atoms with Crippen molar-refractivity contribution in [2.75, 3.05) is 13.2 Å². The number of aromatic nitrogens is 1. The third-order valence-corrected chi connectivity index (χ3v) is 3.67. The summed E-state index contributed by atoms with van der Waals surface area (Å²) < 4.78 is 0. The number of benzene rings is 1. The predicted octanol–water partition coefficient (Wildman–Crippen LogP) is 2.44. The molecule has 1 aromatic carbocycles. The van der Waals surface area contributed by atoms with Crippen LogP contribution in [0.25, 0.3) is 10.9 Å². The van der Waals surface area contributed by atoms with Crippen molar-refractivity contribution >= 4 is 16.9 Å². The third-order valence-electron chi connectivity index (χ3n) is 3.67. The number of amides is 2. The zero-order chi connectivity index (χ0) is 16.0. The fourth-order valence-electron chi connectivity index (χ4n) is 2.26. The monoisotopic (exact) mass is 301 g/mol. The quantitative estimate of drug-likeness (QED) is 0.767. The second-order valence-electron chi connectivity index (χ2n) is 6.17. The highest BCUT2D eigenvalue weighted by Crippen LogP contribution is 2.18. The van der Waals surface area contributed by atoms with Crippen molar-refractivity contribution in [3.05, 3.63) is 42.1 Å². The molecule has 0 saturated carbocycles. The van der Waals surface area contributed by atoms with Gasteiger partial charge < -0.3 is 15.7 Å². The molecule has 0 aliphatic rings. The fourth-order valence-corrected chi connectivity index (χ4v) is 2.26. The smallest absolute Gasteiger partial charge is 0.315 e. The van der Waals surface area contributed by atoms with Gasteiger partial charge in [0.2, 0.25) is 0 Å². The van der Waals surface area contributed by atoms with Gasteiger partial charge >= 0.3 is 6.03 Å². The Bertz CT molecular complexity index is 635. The number of carbonyl (C=O) groups excluding carboxylic acids is 1. The molecule has 2 rings (SSSR count). The van der Waals surface area contributed by atoms with Crippen molar-refractivity contribution in [1.82, 2.24) is 15.6 Å². The predicted molar refractivity (Wildman–Crippen MR) is 87.5 cm³/mol. The number of aliphatic hydroxyl groups is 1. The minimum atomic E-state index is -0.209. The van der Waals surface area contributed by atoms with Gasteiger partial charge in [0.15, 0.2) is 0 Å². The van der Waals surface area contributed by atoms with Crippen molar-refractivity contribution < 1.29 is 9.90 Å². The molecule has 0 atom stereocenters. The van der Waals surface area contributed by atoms with E-state index in [4.69, 9.17) is 5.11 Å². The number of carbonyl (C=O) groups is 1. The summed E-state index contributed by atoms with van der Waals surface area (Å²) in [6, 6.07) is 9.62. The van der Waals surface area contributed by atoms with Gasteiger partial charge in [0, 0.05) is 31.3 Å². The van der Waals surface area contributed by atoms with Crippen LogP contribution in [0, 0.1) is 5.41 Å². The Kier molecular flexibility index (Phi) is 5.33. The van der Waals surface area contributed by atoms with E-state index in [1.165, 1.54) is 0 Å². The minimum Gasteiger partial charge on any atom is -0.396 e. The standard InChI is InChI=1S/C17H23N3O2/c1-17(2,8-10-21)12-20-16(22)19-11-14-6-3-5-13-7-4-9-18-15(13)14/h3-7,9,21H,8,10-12H2,1-2H3,(H2,19,20,22). The molecule has 5 heteroatoms. The third kappa shape index (κ3) is 4.43. The summed E-state index contributed by atoms with van der Waals surface area (Å²) in [6.07, 6.45) is 2.41. The molecule has 0 bridgehead atoms. The van der Waals surface area contributed by atoms with Gasteiger partial charge in [0.05, 0.1) is 5.52 Å². The molecule has 22 heavy (non-hydrogen) atoms. The van der Waals surface area contributed by atoms with Crippen molar-refractivity contribution in [2.24, 2.45) is 5.41 Å². The van der Waals surface area contributed by atoms with E-state index in [0.29, 0.717) is 19.5 Å². The molecule has 0 spiro atoms. The number of nitrogens with one attached hydrogen (secondary N) is 2. The number of fused-ring (bicyclic) bond motifs is 1. The van der Waals surface area contributed by atoms with E-state index < -0.39 is 0 Å². The molecular formula is C17H23N3O2. The first-order chi connectivity index (χ1) is 10.5. The van der Waals surface area contributed by atoms with E-state index in [1.54, 1.807) is 6.20 Å². The summed E-state index contributed by atoms with van der Waals surface area (Å²) in [4.78, 5) is 16.3. The number of hydrogen-bond donors (Lipinski definition) is 3. The highest BCUT2D eigenvalue weighted by molar-refractivity contribution is 5.82. The van der Waals surface area contributed by atoms with E-state index in [0.717, 1.165) is 16.5 Å². The van der Waals surface area contributed by atoms with Crippen LogP contribution in [0.4, 0.5) is 4.79 Å². The van der Waals surface area contributed by atoms with Crippen LogP contribution < -0.4 is 10.6 Å². The van der Waals surface area contributed by atoms with Crippen LogP contribution >= 0.6 is 0 Å². The lowest BCUT2D eigenvalue weighted by Crippen LogP contribution is -2.40. The molecule has 0 aliphatic heterocycles. The van der Waals surface area contributed by atoms with Crippen LogP contribution in [0.2, 0.25) is 0 Å². The van der Waals surface area contributed by atoms with Gasteiger partial charge in [-0.2, -0.15) is 0 Å². The molecule has 1 heterocycles. The number of pyridine rings is 1. The van der Waals surface area contributed by atoms with Crippen LogP contribution in [0.15, 0.2) is 36.5 Å². The Labute approximate surface area is 130 Å². The molecule has 0 saturated heterocycles. The van der Waals surface area contributed by atoms with Crippen LogP contribution in [0.1, 0.15) is 25.8 Å². The van der Waals surface area contributed by atoms with Crippen LogP contribution in [-0.2, 0) is 6.54 Å². The summed E-state index contributed by atoms with van der Waals surface area (Å²) in [7, 11) is 0. The summed E-state index contributed by atoms with van der Waals surface area (Å²) >= 11 is 0. The molecule has 0 unspecified atom stereocenters. The molecule has 0 aliphatic carbocycles. The minimum absolute atomic E-state index is 0.118. The Morgan fingerprint density at radius 1 is 1.23 bits per heavy atom. The maximum Gasteiger partial charge on any atom is 0.315 e. The molecule has 118 valence electrons. The molecule has 0 fully saturated rings. The van der Waals surface area contributed by atoms with E-state index in [9.17, 15) is 4.79 Å². The maximum atomic E-state index is 11.9. The van der Waals surface area contributed by atoms with Gasteiger partial charge in [-0.15, -0.1) is 0 Å². The number of aliphatic hydroxyl groups excluding tert-OH is 1. The number of urea groups is 1. The highest BCUT2D eigenvalue weighted by Gasteiger charge is 2.17. The number of hydrogen-bond acceptors (Lipinski definition) is 3. The average Bonchev–Trinajstić information content (AvgIpc) is 2.51. The lowest BCUT2D eigenvalue weighted by molar-refractivity contribution is 0.201. The largest absolute Gasteiger partial charge is 0.396 e. The van der Waals surface area contributed by atoms with Crippen molar-refractivity contribution in [2.45, 2.75) is 26.8 Å². The van der Waals surface area contributed by atoms with E-state index in [1.807, 2.05) is 44.2 Å². The number of para-hydroxylation sites is 1. The summed E-state index contributed by atoms with van der Waals surface area (Å²) in [6.45, 7) is 5.10. The molecule has 2 amide bonds. The lowest BCUT2D eigenvalue weighted by Gasteiger charge is -2.23. The van der Waals surface area contributed by atoms with E-state index in [-0.39, 0.29) is 18.1 Å². The highest BCUT2D eigenvalue weighted by atomic mass is 16.3. The topological polar surface area (TPSA) is 74.2 Å². The molecular weight excluding hydrogens is 278 g/mol. The average molecular weight is 301 g/mol. The van der Waals surface area contributed by atoms with E-state index in [2.05, 4.69) is 15.6 Å². The van der Waals surface area contributed by atoms with Crippen molar-refractivity contribution in [1.29, 1.82) is 0 Å². The maximum absolute atomic E-state index is 11.9.